The molecule has 0 aliphatic heterocycles. The zero-order valence-electron chi connectivity index (χ0n) is 15.4. The van der Waals surface area contributed by atoms with E-state index in [0.29, 0.717) is 40.4 Å². The molecule has 0 spiro atoms. The van der Waals surface area contributed by atoms with Gasteiger partial charge in [0.2, 0.25) is 5.95 Å². The molecule has 7 nitrogen and oxygen atoms in total. The van der Waals surface area contributed by atoms with Crippen molar-refractivity contribution in [3.8, 4) is 0 Å². The first-order chi connectivity index (χ1) is 13.0. The van der Waals surface area contributed by atoms with E-state index in [1.165, 1.54) is 0 Å². The van der Waals surface area contributed by atoms with Gasteiger partial charge in [0.25, 0.3) is 0 Å². The van der Waals surface area contributed by atoms with Crippen molar-refractivity contribution >= 4 is 46.7 Å². The molecule has 0 aliphatic carbocycles. The number of fused-ring (bicyclic) bond motifs is 1. The highest BCUT2D eigenvalue weighted by molar-refractivity contribution is 9.10. The molecule has 2 heterocycles. The van der Waals surface area contributed by atoms with Crippen LogP contribution in [0.1, 0.15) is 30.9 Å². The van der Waals surface area contributed by atoms with Gasteiger partial charge in [-0.25, -0.2) is 4.98 Å². The van der Waals surface area contributed by atoms with Gasteiger partial charge >= 0.3 is 7.80 Å². The second kappa shape index (κ2) is 8.76. The van der Waals surface area contributed by atoms with Crippen molar-refractivity contribution in [3.05, 3.63) is 40.1 Å². The highest BCUT2D eigenvalue weighted by Gasteiger charge is 2.16. The van der Waals surface area contributed by atoms with E-state index in [1.807, 2.05) is 22.8 Å². The van der Waals surface area contributed by atoms with Crippen LogP contribution in [0.5, 0.6) is 0 Å². The van der Waals surface area contributed by atoms with Crippen LogP contribution >= 0.6 is 23.7 Å². The Bertz CT molecular complexity index is 974. The molecule has 3 rings (SSSR count). The van der Waals surface area contributed by atoms with Crippen molar-refractivity contribution in [1.82, 2.24) is 19.5 Å². The molecule has 0 aliphatic rings. The minimum absolute atomic E-state index is 0.357. The number of nitrogens with zero attached hydrogens (tertiary/aromatic N) is 4. The second-order valence-corrected chi connectivity index (χ2v) is 8.74. The van der Waals surface area contributed by atoms with Crippen LogP contribution in [0.15, 0.2) is 29.0 Å². The van der Waals surface area contributed by atoms with Crippen molar-refractivity contribution < 1.29 is 4.57 Å². The van der Waals surface area contributed by atoms with Gasteiger partial charge in [0.05, 0.1) is 6.54 Å². The van der Waals surface area contributed by atoms with Crippen molar-refractivity contribution in [1.29, 1.82) is 0 Å². The summed E-state index contributed by atoms with van der Waals surface area (Å²) in [4.78, 5) is 13.4. The highest BCUT2D eigenvalue weighted by Crippen LogP contribution is 2.26. The lowest BCUT2D eigenvalue weighted by atomic mass is 10.1. The quantitative estimate of drug-likeness (QED) is 0.300. The lowest BCUT2D eigenvalue weighted by Crippen LogP contribution is -2.09. The molecule has 0 fully saturated rings. The summed E-state index contributed by atoms with van der Waals surface area (Å²) >= 11 is 3.51. The van der Waals surface area contributed by atoms with Gasteiger partial charge in [-0.15, -0.1) is 0 Å². The maximum Gasteiger partial charge on any atom is 0.340 e. The molecule has 0 saturated heterocycles. The Kier molecular flexibility index (Phi) is 6.39. The summed E-state index contributed by atoms with van der Waals surface area (Å²) in [5, 5.41) is 3.22. The van der Waals surface area contributed by atoms with E-state index in [1.54, 1.807) is 6.66 Å². The van der Waals surface area contributed by atoms with Gasteiger partial charge in [0, 0.05) is 6.54 Å². The molecule has 0 amide bonds. The fraction of sp³-hybridized carbons (Fsp3) is 0.389. The van der Waals surface area contributed by atoms with Gasteiger partial charge in [0.1, 0.15) is 6.66 Å². The third-order valence-electron chi connectivity index (χ3n) is 4.13. The van der Waals surface area contributed by atoms with Gasteiger partial charge in [-0.2, -0.15) is 9.97 Å². The topological polar surface area (TPSA) is 98.7 Å². The first kappa shape index (κ1) is 19.7. The lowest BCUT2D eigenvalue weighted by molar-refractivity contribution is 0.590. The Morgan fingerprint density at radius 1 is 1.26 bits per heavy atom. The number of hydrogen-bond acceptors (Lipinski definition) is 6. The first-order valence-corrected chi connectivity index (χ1v) is 11.6. The van der Waals surface area contributed by atoms with E-state index in [-0.39, 0.29) is 0 Å². The summed E-state index contributed by atoms with van der Waals surface area (Å²) in [5.74, 6) is 0.869. The van der Waals surface area contributed by atoms with Gasteiger partial charge in [-0.3, -0.25) is 4.57 Å². The summed E-state index contributed by atoms with van der Waals surface area (Å²) < 4.78 is 14.2. The normalized spacial score (nSPS) is 11.7. The summed E-state index contributed by atoms with van der Waals surface area (Å²) in [6.07, 6.45) is 2.71. The molecule has 1 unspecified atom stereocenters. The van der Waals surface area contributed by atoms with E-state index in [9.17, 15) is 4.57 Å². The van der Waals surface area contributed by atoms with Crippen molar-refractivity contribution in [2.75, 3.05) is 24.3 Å². The van der Waals surface area contributed by atoms with Crippen LogP contribution in [0.3, 0.4) is 0 Å². The largest absolute Gasteiger partial charge is 0.382 e. The van der Waals surface area contributed by atoms with Crippen LogP contribution in [0.2, 0.25) is 0 Å². The van der Waals surface area contributed by atoms with Crippen LogP contribution in [0.25, 0.3) is 11.2 Å². The van der Waals surface area contributed by atoms with Crippen LogP contribution in [-0.2, 0) is 17.3 Å². The van der Waals surface area contributed by atoms with Gasteiger partial charge in [-0.05, 0) is 39.5 Å². The molecular formula is C18H23BrN6OP+. The number of nitrogens with two attached hydrogens (primary N) is 1. The number of halogens is 1. The second-order valence-electron chi connectivity index (χ2n) is 6.46. The van der Waals surface area contributed by atoms with Gasteiger partial charge < -0.3 is 11.1 Å². The standard InChI is InChI=1S/C18H23BrN6OP/c1-3-4-8-21-18-23-15(20)14-16(24-18)25(17(19)22-14)10-12-6-5-7-13(9-12)11-27(2)26/h5-7,9H,3-4,8,10-11H2,1-2H3,(H3,20,21,23,24)/q+1. The number of anilines is 2. The van der Waals surface area contributed by atoms with E-state index in [0.717, 1.165) is 30.5 Å². The average Bonchev–Trinajstić information content (AvgIpc) is 2.92. The first-order valence-electron chi connectivity index (χ1n) is 8.87. The Balaban J connectivity index is 1.94. The smallest absolute Gasteiger partial charge is 0.340 e. The Hall–Kier alpha value is -2.05. The molecular weight excluding hydrogens is 427 g/mol. The Morgan fingerprint density at radius 2 is 2.04 bits per heavy atom. The predicted molar refractivity (Wildman–Crippen MR) is 114 cm³/mol. The highest BCUT2D eigenvalue weighted by atomic mass is 79.9. The molecule has 3 aromatic rings. The molecule has 9 heteroatoms. The predicted octanol–water partition coefficient (Wildman–Crippen LogP) is 4.39. The third-order valence-corrected chi connectivity index (χ3v) is 5.54. The average molecular weight is 450 g/mol. The van der Waals surface area contributed by atoms with Crippen LogP contribution in [0, 0.1) is 0 Å². The van der Waals surface area contributed by atoms with Gasteiger partial charge in [0.15, 0.2) is 27.9 Å². The zero-order valence-corrected chi connectivity index (χ0v) is 17.9. The van der Waals surface area contributed by atoms with Crippen LogP contribution in [-0.4, -0.2) is 32.7 Å². The zero-order chi connectivity index (χ0) is 19.4. The van der Waals surface area contributed by atoms with Crippen molar-refractivity contribution in [2.45, 2.75) is 32.5 Å². The minimum Gasteiger partial charge on any atom is -0.382 e. The number of nitrogen functional groups attached to an aromatic ring is 1. The van der Waals surface area contributed by atoms with Gasteiger partial charge in [-0.1, -0.05) is 36.1 Å². The van der Waals surface area contributed by atoms with E-state index < -0.39 is 7.80 Å². The maximum atomic E-state index is 11.5. The Morgan fingerprint density at radius 3 is 2.78 bits per heavy atom. The SMILES string of the molecule is CCCCNc1nc(N)c2nc(Br)n(Cc3cccc(C[P+](C)=O)c3)c2n1. The monoisotopic (exact) mass is 449 g/mol. The molecule has 1 atom stereocenters. The van der Waals surface area contributed by atoms with Crippen LogP contribution in [0.4, 0.5) is 11.8 Å². The molecule has 1 aromatic carbocycles. The number of nitrogens with one attached hydrogen (secondary N) is 1. The molecule has 2 aromatic heterocycles. The van der Waals surface area contributed by atoms with E-state index in [4.69, 9.17) is 5.73 Å². The molecule has 27 heavy (non-hydrogen) atoms. The lowest BCUT2D eigenvalue weighted by Gasteiger charge is -2.09. The minimum atomic E-state index is -1.21. The molecule has 0 bridgehead atoms. The summed E-state index contributed by atoms with van der Waals surface area (Å²) in [7, 11) is -1.21. The third kappa shape index (κ3) is 4.82. The molecule has 0 radical (unpaired) electrons. The van der Waals surface area contributed by atoms with E-state index >= 15 is 0 Å². The summed E-state index contributed by atoms with van der Waals surface area (Å²) in [5.41, 5.74) is 9.50. The number of hydrogen-bond donors (Lipinski definition) is 2. The number of unbranched alkanes of at least 4 members (excludes halogenated alkanes) is 1. The number of rotatable bonds is 8. The molecule has 0 saturated carbocycles. The summed E-state index contributed by atoms with van der Waals surface area (Å²) in [6.45, 7) is 5.26. The van der Waals surface area contributed by atoms with E-state index in [2.05, 4.69) is 49.2 Å². The molecule has 3 N–H and O–H groups in total. The number of benzene rings is 1. The molecule has 142 valence electrons. The number of aromatic nitrogens is 4. The fourth-order valence-corrected chi connectivity index (χ4v) is 4.04. The number of imidazole rings is 1. The fourth-order valence-electron chi connectivity index (χ4n) is 2.86. The van der Waals surface area contributed by atoms with Crippen molar-refractivity contribution in [2.24, 2.45) is 0 Å². The van der Waals surface area contributed by atoms with Crippen LogP contribution < -0.4 is 11.1 Å². The summed E-state index contributed by atoms with van der Waals surface area (Å²) in [6, 6.07) is 8.09. The maximum absolute atomic E-state index is 11.5. The van der Waals surface area contributed by atoms with Crippen molar-refractivity contribution in [3.63, 3.8) is 0 Å². The Labute approximate surface area is 167 Å².